The maximum absolute atomic E-state index is 12.4. The molecule has 0 saturated carbocycles. The molecule has 10 rings (SSSR count). The summed E-state index contributed by atoms with van der Waals surface area (Å²) in [5.41, 5.74) is 7.72. The minimum absolute atomic E-state index is 0. The molecule has 0 spiro atoms. The average molecular weight is 1320 g/mol. The van der Waals surface area contributed by atoms with E-state index in [0.717, 1.165) is 28.1 Å². The molecular formula is C51H40Br4Cl2N6Na2O5S2. The Labute approximate surface area is 513 Å². The molecule has 0 saturated heterocycles. The van der Waals surface area contributed by atoms with E-state index in [2.05, 4.69) is 198 Å². The Morgan fingerprint density at radius 2 is 1.25 bits per heavy atom. The predicted molar refractivity (Wildman–Crippen MR) is 290 cm³/mol. The van der Waals surface area contributed by atoms with Crippen molar-refractivity contribution in [2.24, 2.45) is 0 Å². The van der Waals surface area contributed by atoms with Crippen LogP contribution in [0.2, 0.25) is 0 Å². The second-order valence-electron chi connectivity index (χ2n) is 16.1. The number of anilines is 2. The van der Waals surface area contributed by atoms with Gasteiger partial charge in [-0.25, -0.2) is 19.1 Å². The fourth-order valence-corrected chi connectivity index (χ4v) is 11.8. The van der Waals surface area contributed by atoms with Crippen LogP contribution in [0.1, 0.15) is 10.4 Å². The molecule has 4 aromatic rings. The zero-order valence-corrected chi connectivity index (χ0v) is 53.7. The average Bonchev–Trinajstić information content (AvgIpc) is 3.32. The molecule has 0 aromatic heterocycles. The van der Waals surface area contributed by atoms with Crippen molar-refractivity contribution >= 4 is 135 Å². The molecule has 0 bridgehead atoms. The Hall–Kier alpha value is -2.98. The minimum atomic E-state index is -1.35. The molecule has 3 heterocycles. The van der Waals surface area contributed by atoms with Gasteiger partial charge in [-0.05, 0) is 114 Å². The van der Waals surface area contributed by atoms with Gasteiger partial charge in [-0.3, -0.25) is 4.79 Å². The van der Waals surface area contributed by atoms with Gasteiger partial charge < -0.3 is 54.5 Å². The molecule has 0 radical (unpaired) electrons. The number of fused-ring (bicyclic) bond motifs is 6. The first-order chi connectivity index (χ1) is 32.4. The third-order valence-electron chi connectivity index (χ3n) is 11.0. The van der Waals surface area contributed by atoms with Crippen molar-refractivity contribution in [2.45, 2.75) is 0 Å². The topological polar surface area (TPSA) is 140 Å². The summed E-state index contributed by atoms with van der Waals surface area (Å²) in [6, 6.07) is 35.0. The van der Waals surface area contributed by atoms with Crippen LogP contribution < -0.4 is 130 Å². The van der Waals surface area contributed by atoms with Gasteiger partial charge in [0.05, 0.1) is 56.5 Å². The van der Waals surface area contributed by atoms with Gasteiger partial charge in [0.2, 0.25) is 16.1 Å². The maximum atomic E-state index is 12.4. The van der Waals surface area contributed by atoms with Crippen molar-refractivity contribution in [3.63, 3.8) is 0 Å². The Bertz CT molecular complexity index is 3760. The Morgan fingerprint density at radius 1 is 0.694 bits per heavy atom. The maximum Gasteiger partial charge on any atom is 1.00 e. The van der Waals surface area contributed by atoms with Crippen molar-refractivity contribution in [3.8, 4) is 49.3 Å². The number of nitrogens with zero attached hydrogens (tertiary/aromatic N) is 5. The fourth-order valence-electron chi connectivity index (χ4n) is 7.36. The predicted octanol–water partition coefficient (Wildman–Crippen LogP) is -1.96. The second-order valence-corrected chi connectivity index (χ2v) is 21.5. The molecule has 72 heavy (non-hydrogen) atoms. The number of halogens is 6. The fraction of sp³-hybridized carbons (Fsp3) is 0.137. The number of hydrogen-bond acceptors (Lipinski definition) is 11. The van der Waals surface area contributed by atoms with Crippen LogP contribution in [-0.2, 0) is 0 Å². The van der Waals surface area contributed by atoms with E-state index in [0.29, 0.717) is 22.1 Å². The van der Waals surface area contributed by atoms with Crippen LogP contribution in [0.3, 0.4) is 0 Å². The summed E-state index contributed by atoms with van der Waals surface area (Å²) in [5, 5.41) is 30.2. The summed E-state index contributed by atoms with van der Waals surface area (Å²) in [6.07, 6.45) is 0. The number of rotatable bonds is 4. The van der Waals surface area contributed by atoms with Gasteiger partial charge in [-0.1, -0.05) is 45.9 Å². The minimum Gasteiger partial charge on any atom is -1.00 e. The summed E-state index contributed by atoms with van der Waals surface area (Å²) < 4.78 is 13.5. The van der Waals surface area contributed by atoms with Gasteiger partial charge in [0.25, 0.3) is 0 Å². The third-order valence-corrected chi connectivity index (χ3v) is 15.8. The first-order valence-corrected chi connectivity index (χ1v) is 25.5. The molecular weight excluding hydrogens is 1280 g/mol. The number of carbonyl (C=O) groups is 1. The number of carbonyl (C=O) groups excluding carboxylic acids is 1. The summed E-state index contributed by atoms with van der Waals surface area (Å²) >= 11 is 16.6. The molecule has 0 fully saturated rings. The second kappa shape index (κ2) is 26.2. The molecule has 0 atom stereocenters. The van der Waals surface area contributed by atoms with Crippen LogP contribution in [0.25, 0.3) is 75.0 Å². The van der Waals surface area contributed by atoms with Crippen LogP contribution in [0, 0.1) is 0 Å². The van der Waals surface area contributed by atoms with E-state index in [1.54, 1.807) is 53.0 Å². The Kier molecular flexibility index (Phi) is 22.4. The molecule has 3 aliphatic carbocycles. The Balaban J connectivity index is 0.000000235. The van der Waals surface area contributed by atoms with Crippen molar-refractivity contribution < 1.29 is 103 Å². The SMILES string of the molecule is CN(C)c1ccc2nc3ccc(=[N+](C)C)cc-3sc2c1.CNc1ccc2nc3ccc(=[N+](C)C)cc-3sc2c1.O=C([O-])c1ccccc1-c1c2cc(Br)c(=O)c(Br)c-2oc2c(Br)c([O-])c(Br)cc12.[Cl-].[Cl-].[Na+].[Na+]. The van der Waals surface area contributed by atoms with Crippen LogP contribution in [0.4, 0.5) is 11.4 Å². The normalized spacial score (nSPS) is 10.5. The first kappa shape index (κ1) is 61.6. The summed E-state index contributed by atoms with van der Waals surface area (Å²) in [6.45, 7) is 0. The number of benzene rings is 7. The molecule has 3 aliphatic heterocycles. The van der Waals surface area contributed by atoms with Gasteiger partial charge in [-0.15, -0.1) is 22.7 Å². The summed E-state index contributed by atoms with van der Waals surface area (Å²) in [5.74, 6) is -1.49. The van der Waals surface area contributed by atoms with Gasteiger partial charge in [-0.2, -0.15) is 0 Å². The van der Waals surface area contributed by atoms with Gasteiger partial charge in [0, 0.05) is 83.3 Å². The molecule has 0 unspecified atom stereocenters. The van der Waals surface area contributed by atoms with Crippen molar-refractivity contribution in [1.29, 1.82) is 0 Å². The van der Waals surface area contributed by atoms with Crippen molar-refractivity contribution in [1.82, 2.24) is 19.1 Å². The van der Waals surface area contributed by atoms with Crippen LogP contribution in [0.15, 0.2) is 136 Å². The number of aromatic carboxylic acids is 1. The van der Waals surface area contributed by atoms with Gasteiger partial charge in [0.1, 0.15) is 38.2 Å². The number of carboxylic acids is 1. The van der Waals surface area contributed by atoms with Crippen molar-refractivity contribution in [2.75, 3.05) is 59.6 Å². The monoisotopic (exact) mass is 1310 g/mol. The molecule has 360 valence electrons. The quantitative estimate of drug-likeness (QED) is 0.121. The largest absolute Gasteiger partial charge is 1.00 e. The molecule has 0 amide bonds. The first-order valence-electron chi connectivity index (χ1n) is 20.7. The van der Waals surface area contributed by atoms with Gasteiger partial charge >= 0.3 is 59.1 Å². The van der Waals surface area contributed by atoms with Gasteiger partial charge in [0.15, 0.2) is 5.76 Å². The van der Waals surface area contributed by atoms with Crippen LogP contribution in [0.5, 0.6) is 5.75 Å². The van der Waals surface area contributed by atoms with E-state index < -0.39 is 5.97 Å². The number of nitrogens with one attached hydrogen (secondary N) is 1. The number of hydrogen-bond donors (Lipinski definition) is 1. The third kappa shape index (κ3) is 13.0. The van der Waals surface area contributed by atoms with Crippen LogP contribution in [-0.4, -0.2) is 65.3 Å². The van der Waals surface area contributed by atoms with E-state index in [4.69, 9.17) is 14.4 Å². The zero-order chi connectivity index (χ0) is 48.7. The zero-order valence-electron chi connectivity index (χ0n) is 40.3. The van der Waals surface area contributed by atoms with Crippen molar-refractivity contribution in [3.05, 3.63) is 154 Å². The standard InChI is InChI=1S/C20H8Br4O5.C16H18N3S.C15H15N3S.2ClH.2Na/c21-11-5-9-13(7-3-1-2-4-8(7)20(27)28)10-6-12(22)17(26)15(24)19(10)29-18(9)14(23)16(11)25;1-18(2)11-5-7-13-15(9-11)20-16-10-12(19(3)4)6-8-14(16)17-13;1-16-10-4-6-12-14(8-10)19-15-9-11(18(2)3)5-7-13(15)17-12;;;;/h1-6,25H,(H,27,28);5-10H,1-4H3;4-9H,1-3H3;2*1H;;/q;+1;;;;2*+1/p-3. The van der Waals surface area contributed by atoms with E-state index in [9.17, 15) is 19.8 Å². The van der Waals surface area contributed by atoms with E-state index in [-0.39, 0.29) is 130 Å². The van der Waals surface area contributed by atoms with E-state index >= 15 is 0 Å². The summed E-state index contributed by atoms with van der Waals surface area (Å²) in [7, 11) is 14.3. The molecule has 11 nitrogen and oxygen atoms in total. The smallest absolute Gasteiger partial charge is 1.00 e. The number of carboxylic acid groups (broad SMARTS) is 1. The molecule has 21 heteroatoms. The molecule has 6 aliphatic rings. The molecule has 4 aromatic carbocycles. The van der Waals surface area contributed by atoms with Crippen LogP contribution >= 0.6 is 86.4 Å². The van der Waals surface area contributed by atoms with E-state index in [1.165, 1.54) is 41.6 Å². The summed E-state index contributed by atoms with van der Waals surface area (Å²) in [4.78, 5) is 38.2. The Morgan fingerprint density at radius 3 is 1.79 bits per heavy atom. The number of aromatic nitrogens is 2. The molecule has 1 N–H and O–H groups in total. The van der Waals surface area contributed by atoms with E-state index in [1.807, 2.05) is 7.05 Å².